The lowest BCUT2D eigenvalue weighted by molar-refractivity contribution is 0.418. The Balaban J connectivity index is 1.67. The maximum absolute atomic E-state index is 11.2. The molecule has 1 saturated carbocycles. The van der Waals surface area contributed by atoms with Gasteiger partial charge in [0.1, 0.15) is 5.82 Å². The van der Waals surface area contributed by atoms with Crippen molar-refractivity contribution in [1.82, 2.24) is 15.3 Å². The number of nitrogens with one attached hydrogen (secondary N) is 2. The number of nitrogens with zero attached hydrogens (tertiary/aromatic N) is 2. The van der Waals surface area contributed by atoms with Gasteiger partial charge in [-0.2, -0.15) is 0 Å². The Morgan fingerprint density at radius 2 is 2.24 bits per heavy atom. The van der Waals surface area contributed by atoms with E-state index in [0.29, 0.717) is 6.04 Å². The van der Waals surface area contributed by atoms with Crippen LogP contribution in [-0.4, -0.2) is 35.1 Å². The van der Waals surface area contributed by atoms with Gasteiger partial charge < -0.3 is 10.2 Å². The Morgan fingerprint density at radius 1 is 1.35 bits per heavy atom. The van der Waals surface area contributed by atoms with Gasteiger partial charge in [0, 0.05) is 31.4 Å². The third-order valence-electron chi connectivity index (χ3n) is 3.47. The van der Waals surface area contributed by atoms with Crippen molar-refractivity contribution < 1.29 is 0 Å². The molecule has 0 radical (unpaired) electrons. The lowest BCUT2D eigenvalue weighted by atomic mass is 10.1. The first kappa shape index (κ1) is 10.8. The topological polar surface area (TPSA) is 61.0 Å². The van der Waals surface area contributed by atoms with E-state index in [-0.39, 0.29) is 5.69 Å². The fourth-order valence-electron chi connectivity index (χ4n) is 2.46. The van der Waals surface area contributed by atoms with Gasteiger partial charge in [0.2, 0.25) is 0 Å². The molecular formula is C12H18N4O. The van der Waals surface area contributed by atoms with Crippen LogP contribution in [0.15, 0.2) is 17.1 Å². The SMILES string of the molecule is O=c1nccc(N2CCC[C@@H](NC3CC3)C2)[nH]1. The molecule has 0 aromatic carbocycles. The first-order valence-electron chi connectivity index (χ1n) is 6.37. The van der Waals surface area contributed by atoms with Crippen LogP contribution in [0.2, 0.25) is 0 Å². The second kappa shape index (κ2) is 4.49. The van der Waals surface area contributed by atoms with Crippen LogP contribution in [0, 0.1) is 0 Å². The quantitative estimate of drug-likeness (QED) is 0.799. The molecule has 5 nitrogen and oxygen atoms in total. The molecule has 0 amide bonds. The Morgan fingerprint density at radius 3 is 3.00 bits per heavy atom. The van der Waals surface area contributed by atoms with Crippen LogP contribution in [0.1, 0.15) is 25.7 Å². The van der Waals surface area contributed by atoms with Gasteiger partial charge in [-0.05, 0) is 31.7 Å². The zero-order valence-corrected chi connectivity index (χ0v) is 9.85. The molecule has 1 aliphatic carbocycles. The van der Waals surface area contributed by atoms with Crippen molar-refractivity contribution in [2.24, 2.45) is 0 Å². The van der Waals surface area contributed by atoms with Gasteiger partial charge in [0.05, 0.1) is 0 Å². The molecule has 0 unspecified atom stereocenters. The van der Waals surface area contributed by atoms with E-state index in [1.165, 1.54) is 25.7 Å². The lowest BCUT2D eigenvalue weighted by Crippen LogP contribution is -2.47. The summed E-state index contributed by atoms with van der Waals surface area (Å²) in [5, 5.41) is 3.66. The zero-order valence-electron chi connectivity index (χ0n) is 9.85. The normalized spacial score (nSPS) is 24.9. The number of H-pyrrole nitrogens is 1. The molecule has 2 N–H and O–H groups in total. The van der Waals surface area contributed by atoms with Gasteiger partial charge >= 0.3 is 5.69 Å². The molecule has 1 aromatic rings. The number of rotatable bonds is 3. The summed E-state index contributed by atoms with van der Waals surface area (Å²) in [5.41, 5.74) is -0.264. The van der Waals surface area contributed by atoms with Crippen LogP contribution in [0.25, 0.3) is 0 Å². The van der Waals surface area contributed by atoms with E-state index >= 15 is 0 Å². The average Bonchev–Trinajstić information content (AvgIpc) is 3.13. The van der Waals surface area contributed by atoms with Crippen LogP contribution in [-0.2, 0) is 0 Å². The van der Waals surface area contributed by atoms with Gasteiger partial charge in [-0.1, -0.05) is 0 Å². The van der Waals surface area contributed by atoms with Crippen molar-refractivity contribution in [2.75, 3.05) is 18.0 Å². The molecule has 3 rings (SSSR count). The Bertz CT molecular complexity index is 440. The highest BCUT2D eigenvalue weighted by molar-refractivity contribution is 5.37. The van der Waals surface area contributed by atoms with E-state index in [2.05, 4.69) is 20.2 Å². The maximum atomic E-state index is 11.2. The largest absolute Gasteiger partial charge is 0.356 e. The van der Waals surface area contributed by atoms with E-state index in [4.69, 9.17) is 0 Å². The fraction of sp³-hybridized carbons (Fsp3) is 0.667. The summed E-state index contributed by atoms with van der Waals surface area (Å²) < 4.78 is 0. The van der Waals surface area contributed by atoms with Gasteiger partial charge in [-0.15, -0.1) is 0 Å². The smallest absolute Gasteiger partial charge is 0.346 e. The first-order chi connectivity index (χ1) is 8.31. The summed E-state index contributed by atoms with van der Waals surface area (Å²) in [7, 11) is 0. The molecule has 0 bridgehead atoms. The minimum Gasteiger partial charge on any atom is -0.356 e. The van der Waals surface area contributed by atoms with E-state index in [9.17, 15) is 4.79 Å². The Labute approximate surface area is 100 Å². The van der Waals surface area contributed by atoms with Crippen molar-refractivity contribution >= 4 is 5.82 Å². The molecule has 1 aliphatic heterocycles. The highest BCUT2D eigenvalue weighted by atomic mass is 16.1. The van der Waals surface area contributed by atoms with Gasteiger partial charge in [-0.3, -0.25) is 4.98 Å². The molecular weight excluding hydrogens is 216 g/mol. The number of hydrogen-bond donors (Lipinski definition) is 2. The molecule has 1 saturated heterocycles. The van der Waals surface area contributed by atoms with Crippen LogP contribution < -0.4 is 15.9 Å². The Hall–Kier alpha value is -1.36. The summed E-state index contributed by atoms with van der Waals surface area (Å²) in [6.07, 6.45) is 6.63. The summed E-state index contributed by atoms with van der Waals surface area (Å²) >= 11 is 0. The van der Waals surface area contributed by atoms with Crippen LogP contribution in [0.5, 0.6) is 0 Å². The minimum absolute atomic E-state index is 0.264. The molecule has 1 atom stereocenters. The van der Waals surface area contributed by atoms with Crippen LogP contribution >= 0.6 is 0 Å². The fourth-order valence-corrected chi connectivity index (χ4v) is 2.46. The molecule has 2 aliphatic rings. The molecule has 92 valence electrons. The van der Waals surface area contributed by atoms with Crippen molar-refractivity contribution in [3.8, 4) is 0 Å². The van der Waals surface area contributed by atoms with E-state index in [0.717, 1.165) is 24.9 Å². The van der Waals surface area contributed by atoms with E-state index in [1.54, 1.807) is 6.20 Å². The van der Waals surface area contributed by atoms with Gasteiger partial charge in [0.15, 0.2) is 0 Å². The zero-order chi connectivity index (χ0) is 11.7. The standard InChI is InChI=1S/C12H18N4O/c17-12-13-6-5-11(15-12)16-7-1-2-10(8-16)14-9-3-4-9/h5-6,9-10,14H,1-4,7-8H2,(H,13,15,17)/t10-/m1/s1. The van der Waals surface area contributed by atoms with E-state index in [1.807, 2.05) is 6.07 Å². The molecule has 5 heteroatoms. The lowest BCUT2D eigenvalue weighted by Gasteiger charge is -2.34. The number of anilines is 1. The highest BCUT2D eigenvalue weighted by Gasteiger charge is 2.27. The molecule has 2 heterocycles. The van der Waals surface area contributed by atoms with Crippen LogP contribution in [0.4, 0.5) is 5.82 Å². The number of piperidine rings is 1. The average molecular weight is 234 g/mol. The first-order valence-corrected chi connectivity index (χ1v) is 6.37. The molecule has 1 aromatic heterocycles. The Kier molecular flexibility index (Phi) is 2.84. The van der Waals surface area contributed by atoms with Crippen molar-refractivity contribution in [2.45, 2.75) is 37.8 Å². The summed E-state index contributed by atoms with van der Waals surface area (Å²) in [6, 6.07) is 3.19. The minimum atomic E-state index is -0.264. The van der Waals surface area contributed by atoms with Gasteiger partial charge in [0.25, 0.3) is 0 Å². The van der Waals surface area contributed by atoms with Crippen molar-refractivity contribution in [3.63, 3.8) is 0 Å². The van der Waals surface area contributed by atoms with E-state index < -0.39 is 0 Å². The summed E-state index contributed by atoms with van der Waals surface area (Å²) in [4.78, 5) is 19.9. The summed E-state index contributed by atoms with van der Waals surface area (Å²) in [6.45, 7) is 2.00. The van der Waals surface area contributed by atoms with Crippen LogP contribution in [0.3, 0.4) is 0 Å². The second-order valence-corrected chi connectivity index (χ2v) is 4.99. The molecule has 0 spiro atoms. The maximum Gasteiger partial charge on any atom is 0.346 e. The third kappa shape index (κ3) is 2.66. The number of hydrogen-bond acceptors (Lipinski definition) is 4. The molecule has 17 heavy (non-hydrogen) atoms. The third-order valence-corrected chi connectivity index (χ3v) is 3.47. The predicted octanol–water partition coefficient (Wildman–Crippen LogP) is 0.491. The molecule has 2 fully saturated rings. The highest BCUT2D eigenvalue weighted by Crippen LogP contribution is 2.23. The van der Waals surface area contributed by atoms with Gasteiger partial charge in [-0.25, -0.2) is 9.78 Å². The second-order valence-electron chi connectivity index (χ2n) is 4.99. The number of aromatic amines is 1. The summed E-state index contributed by atoms with van der Waals surface area (Å²) in [5.74, 6) is 0.896. The van der Waals surface area contributed by atoms with Crippen molar-refractivity contribution in [3.05, 3.63) is 22.7 Å². The predicted molar refractivity (Wildman–Crippen MR) is 66.3 cm³/mol. The number of aromatic nitrogens is 2. The monoisotopic (exact) mass is 234 g/mol. The van der Waals surface area contributed by atoms with Crippen molar-refractivity contribution in [1.29, 1.82) is 0 Å².